The Bertz CT molecular complexity index is 917. The van der Waals surface area contributed by atoms with Gasteiger partial charge in [-0.1, -0.05) is 12.1 Å². The van der Waals surface area contributed by atoms with Crippen LogP contribution >= 0.6 is 0 Å². The summed E-state index contributed by atoms with van der Waals surface area (Å²) in [4.78, 5) is 16.9. The SMILES string of the molecule is COc1ccc([C@@H](C)NC(=O)c2cn3cc(C)ccc3n2)cc1OC. The summed E-state index contributed by atoms with van der Waals surface area (Å²) in [5.74, 6) is 1.06. The minimum atomic E-state index is -0.219. The number of fused-ring (bicyclic) bond motifs is 1. The number of methoxy groups -OCH3 is 2. The largest absolute Gasteiger partial charge is 0.493 e. The van der Waals surface area contributed by atoms with Gasteiger partial charge in [0.05, 0.1) is 20.3 Å². The Morgan fingerprint density at radius 2 is 1.88 bits per heavy atom. The first-order chi connectivity index (χ1) is 12.0. The van der Waals surface area contributed by atoms with Crippen LogP contribution in [0.15, 0.2) is 42.7 Å². The maximum atomic E-state index is 12.5. The van der Waals surface area contributed by atoms with Crippen molar-refractivity contribution in [3.63, 3.8) is 0 Å². The number of carbonyl (C=O) groups is 1. The fourth-order valence-corrected chi connectivity index (χ4v) is 2.69. The fourth-order valence-electron chi connectivity index (χ4n) is 2.69. The van der Waals surface area contributed by atoms with E-state index in [9.17, 15) is 4.79 Å². The topological polar surface area (TPSA) is 64.9 Å². The third-order valence-corrected chi connectivity index (χ3v) is 4.09. The van der Waals surface area contributed by atoms with E-state index < -0.39 is 0 Å². The van der Waals surface area contributed by atoms with Gasteiger partial charge in [-0.15, -0.1) is 0 Å². The molecule has 0 radical (unpaired) electrons. The number of hydrogen-bond acceptors (Lipinski definition) is 4. The number of hydrogen-bond donors (Lipinski definition) is 1. The van der Waals surface area contributed by atoms with Crippen LogP contribution in [0, 0.1) is 6.92 Å². The van der Waals surface area contributed by atoms with E-state index >= 15 is 0 Å². The van der Waals surface area contributed by atoms with Crippen molar-refractivity contribution in [3.8, 4) is 11.5 Å². The lowest BCUT2D eigenvalue weighted by atomic mass is 10.1. The van der Waals surface area contributed by atoms with E-state index in [0.29, 0.717) is 17.2 Å². The Kier molecular flexibility index (Phi) is 4.61. The second-order valence-corrected chi connectivity index (χ2v) is 5.91. The molecule has 0 fully saturated rings. The number of nitrogens with one attached hydrogen (secondary N) is 1. The number of aryl methyl sites for hydroxylation is 1. The van der Waals surface area contributed by atoms with Crippen molar-refractivity contribution in [2.45, 2.75) is 19.9 Å². The molecule has 0 aliphatic carbocycles. The minimum absolute atomic E-state index is 0.196. The fraction of sp³-hybridized carbons (Fsp3) is 0.263. The molecule has 0 saturated heterocycles. The lowest BCUT2D eigenvalue weighted by molar-refractivity contribution is 0.0935. The summed E-state index contributed by atoms with van der Waals surface area (Å²) >= 11 is 0. The van der Waals surface area contributed by atoms with Crippen LogP contribution in [-0.4, -0.2) is 29.5 Å². The molecule has 0 aliphatic heterocycles. The van der Waals surface area contributed by atoms with Gasteiger partial charge >= 0.3 is 0 Å². The molecule has 0 aliphatic rings. The summed E-state index contributed by atoms with van der Waals surface area (Å²) in [6, 6.07) is 9.25. The van der Waals surface area contributed by atoms with Crippen molar-refractivity contribution in [2.24, 2.45) is 0 Å². The molecule has 3 rings (SSSR count). The molecule has 1 amide bonds. The van der Waals surface area contributed by atoms with Crippen LogP contribution in [-0.2, 0) is 0 Å². The maximum Gasteiger partial charge on any atom is 0.271 e. The van der Waals surface area contributed by atoms with Crippen LogP contribution in [0.3, 0.4) is 0 Å². The molecule has 3 aromatic rings. The highest BCUT2D eigenvalue weighted by atomic mass is 16.5. The first kappa shape index (κ1) is 16.8. The predicted molar refractivity (Wildman–Crippen MR) is 95.4 cm³/mol. The first-order valence-corrected chi connectivity index (χ1v) is 8.00. The molecule has 2 heterocycles. The molecule has 1 N–H and O–H groups in total. The summed E-state index contributed by atoms with van der Waals surface area (Å²) in [6.45, 7) is 3.91. The lowest BCUT2D eigenvalue weighted by Crippen LogP contribution is -2.26. The second-order valence-electron chi connectivity index (χ2n) is 5.91. The number of imidazole rings is 1. The highest BCUT2D eigenvalue weighted by molar-refractivity contribution is 5.93. The molecule has 6 nitrogen and oxygen atoms in total. The van der Waals surface area contributed by atoms with Gasteiger partial charge in [0, 0.05) is 12.4 Å². The number of ether oxygens (including phenoxy) is 2. The van der Waals surface area contributed by atoms with Gasteiger partial charge in [-0.3, -0.25) is 4.79 Å². The van der Waals surface area contributed by atoms with Gasteiger partial charge in [-0.05, 0) is 43.2 Å². The Labute approximate surface area is 146 Å². The van der Waals surface area contributed by atoms with Gasteiger partial charge in [-0.25, -0.2) is 4.98 Å². The minimum Gasteiger partial charge on any atom is -0.493 e. The summed E-state index contributed by atoms with van der Waals surface area (Å²) in [5, 5.41) is 2.97. The van der Waals surface area contributed by atoms with E-state index in [1.165, 1.54) is 0 Å². The Hall–Kier alpha value is -3.02. The average Bonchev–Trinajstić information content (AvgIpc) is 3.04. The van der Waals surface area contributed by atoms with Crippen LogP contribution in [0.1, 0.15) is 34.6 Å². The van der Waals surface area contributed by atoms with Crippen molar-refractivity contribution in [1.29, 1.82) is 0 Å². The van der Waals surface area contributed by atoms with Crippen LogP contribution < -0.4 is 14.8 Å². The molecule has 1 aromatic carbocycles. The zero-order chi connectivity index (χ0) is 18.0. The van der Waals surface area contributed by atoms with E-state index in [1.54, 1.807) is 20.4 Å². The standard InChI is InChI=1S/C19H21N3O3/c1-12-5-8-18-21-15(11-22(18)10-12)19(23)20-13(2)14-6-7-16(24-3)17(9-14)25-4/h5-11,13H,1-4H3,(H,20,23)/t13-/m1/s1. The van der Waals surface area contributed by atoms with E-state index in [2.05, 4.69) is 10.3 Å². The van der Waals surface area contributed by atoms with Crippen molar-refractivity contribution in [3.05, 3.63) is 59.5 Å². The van der Waals surface area contributed by atoms with Crippen LogP contribution in [0.4, 0.5) is 0 Å². The summed E-state index contributed by atoms with van der Waals surface area (Å²) in [5.41, 5.74) is 3.16. The van der Waals surface area contributed by atoms with Gasteiger partial charge in [0.1, 0.15) is 11.3 Å². The van der Waals surface area contributed by atoms with Crippen molar-refractivity contribution < 1.29 is 14.3 Å². The summed E-state index contributed by atoms with van der Waals surface area (Å²) in [7, 11) is 3.18. The van der Waals surface area contributed by atoms with Gasteiger partial charge in [0.25, 0.3) is 5.91 Å². The van der Waals surface area contributed by atoms with E-state index in [1.807, 2.05) is 54.8 Å². The summed E-state index contributed by atoms with van der Waals surface area (Å²) < 4.78 is 12.4. The third-order valence-electron chi connectivity index (χ3n) is 4.09. The van der Waals surface area contributed by atoms with E-state index in [0.717, 1.165) is 16.8 Å². The quantitative estimate of drug-likeness (QED) is 0.775. The zero-order valence-corrected chi connectivity index (χ0v) is 14.7. The van der Waals surface area contributed by atoms with Crippen LogP contribution in [0.25, 0.3) is 5.65 Å². The molecule has 0 bridgehead atoms. The number of benzene rings is 1. The predicted octanol–water partition coefficient (Wildman–Crippen LogP) is 3.15. The van der Waals surface area contributed by atoms with Crippen molar-refractivity contribution >= 4 is 11.6 Å². The average molecular weight is 339 g/mol. The molecule has 6 heteroatoms. The van der Waals surface area contributed by atoms with Gasteiger partial charge in [0.2, 0.25) is 0 Å². The van der Waals surface area contributed by atoms with Gasteiger partial charge in [-0.2, -0.15) is 0 Å². The zero-order valence-electron chi connectivity index (χ0n) is 14.7. The smallest absolute Gasteiger partial charge is 0.271 e. The molecule has 25 heavy (non-hydrogen) atoms. The highest BCUT2D eigenvalue weighted by Crippen LogP contribution is 2.29. The first-order valence-electron chi connectivity index (χ1n) is 8.00. The van der Waals surface area contributed by atoms with E-state index in [4.69, 9.17) is 9.47 Å². The number of carbonyl (C=O) groups excluding carboxylic acids is 1. The van der Waals surface area contributed by atoms with Gasteiger partial charge < -0.3 is 19.2 Å². The second kappa shape index (κ2) is 6.84. The number of amides is 1. The normalized spacial score (nSPS) is 12.0. The molecule has 0 spiro atoms. The number of rotatable bonds is 5. The molecule has 1 atom stereocenters. The summed E-state index contributed by atoms with van der Waals surface area (Å²) in [6.07, 6.45) is 3.68. The highest BCUT2D eigenvalue weighted by Gasteiger charge is 2.16. The number of aromatic nitrogens is 2. The van der Waals surface area contributed by atoms with Crippen LogP contribution in [0.5, 0.6) is 11.5 Å². The maximum absolute atomic E-state index is 12.5. The molecule has 130 valence electrons. The molecular weight excluding hydrogens is 318 g/mol. The monoisotopic (exact) mass is 339 g/mol. The Morgan fingerprint density at radius 3 is 2.60 bits per heavy atom. The molecule has 2 aromatic heterocycles. The van der Waals surface area contributed by atoms with Crippen molar-refractivity contribution in [2.75, 3.05) is 14.2 Å². The lowest BCUT2D eigenvalue weighted by Gasteiger charge is -2.16. The molecule has 0 unspecified atom stereocenters. The molecular formula is C19H21N3O3. The third kappa shape index (κ3) is 3.42. The van der Waals surface area contributed by atoms with E-state index in [-0.39, 0.29) is 11.9 Å². The number of nitrogens with zero attached hydrogens (tertiary/aromatic N) is 2. The van der Waals surface area contributed by atoms with Crippen molar-refractivity contribution in [1.82, 2.24) is 14.7 Å². The molecule has 0 saturated carbocycles. The Balaban J connectivity index is 1.79. The Morgan fingerprint density at radius 1 is 1.12 bits per heavy atom. The van der Waals surface area contributed by atoms with Gasteiger partial charge in [0.15, 0.2) is 11.5 Å². The number of pyridine rings is 1. The van der Waals surface area contributed by atoms with Crippen LogP contribution in [0.2, 0.25) is 0 Å².